The largest absolute Gasteiger partial charge is 0.0622 e. The molecular formula is C44H40. The molecule has 216 valence electrons. The monoisotopic (exact) mass is 568 g/mol. The first-order valence-electron chi connectivity index (χ1n) is 15.8. The zero-order valence-electron chi connectivity index (χ0n) is 26.7. The van der Waals surface area contributed by atoms with Crippen LogP contribution < -0.4 is 0 Å². The van der Waals surface area contributed by atoms with Gasteiger partial charge in [-0.15, -0.1) is 0 Å². The van der Waals surface area contributed by atoms with Crippen LogP contribution in [0, 0.1) is 0 Å². The third-order valence-electron chi connectivity index (χ3n) is 9.12. The summed E-state index contributed by atoms with van der Waals surface area (Å²) in [6.45, 7) is 13.8. The summed E-state index contributed by atoms with van der Waals surface area (Å²) >= 11 is 0. The van der Waals surface area contributed by atoms with Gasteiger partial charge < -0.3 is 0 Å². The molecule has 0 aromatic heterocycles. The molecule has 0 saturated carbocycles. The van der Waals surface area contributed by atoms with Crippen LogP contribution in [0.2, 0.25) is 0 Å². The van der Waals surface area contributed by atoms with E-state index in [-0.39, 0.29) is 10.8 Å². The summed E-state index contributed by atoms with van der Waals surface area (Å²) < 4.78 is 0. The van der Waals surface area contributed by atoms with Crippen LogP contribution in [0.25, 0.3) is 65.7 Å². The Morgan fingerprint density at radius 1 is 0.318 bits per heavy atom. The second-order valence-electron chi connectivity index (χ2n) is 14.3. The molecule has 7 aromatic rings. The third kappa shape index (κ3) is 4.99. The van der Waals surface area contributed by atoms with Crippen molar-refractivity contribution in [2.24, 2.45) is 0 Å². The summed E-state index contributed by atoms with van der Waals surface area (Å²) in [7, 11) is 0. The summed E-state index contributed by atoms with van der Waals surface area (Å²) in [5.41, 5.74) is 10.6. The highest BCUT2D eigenvalue weighted by molar-refractivity contribution is 6.21. The van der Waals surface area contributed by atoms with Crippen LogP contribution in [0.4, 0.5) is 0 Å². The fraction of sp³-hybridized carbons (Fsp3) is 0.182. The van der Waals surface area contributed by atoms with Crippen LogP contribution in [0.1, 0.15) is 52.7 Å². The van der Waals surface area contributed by atoms with E-state index < -0.39 is 0 Å². The van der Waals surface area contributed by atoms with E-state index >= 15 is 0 Å². The van der Waals surface area contributed by atoms with Crippen molar-refractivity contribution >= 4 is 32.3 Å². The van der Waals surface area contributed by atoms with Crippen LogP contribution in [-0.4, -0.2) is 0 Å². The van der Waals surface area contributed by atoms with Crippen LogP contribution in [0.5, 0.6) is 0 Å². The zero-order valence-corrected chi connectivity index (χ0v) is 26.7. The molecule has 0 radical (unpaired) electrons. The van der Waals surface area contributed by atoms with Gasteiger partial charge in [-0.2, -0.15) is 0 Å². The molecular weight excluding hydrogens is 528 g/mol. The number of fused-ring (bicyclic) bond motifs is 3. The van der Waals surface area contributed by atoms with Crippen LogP contribution >= 0.6 is 0 Å². The van der Waals surface area contributed by atoms with E-state index in [0.29, 0.717) is 0 Å². The highest BCUT2D eigenvalue weighted by atomic mass is 14.3. The molecule has 0 unspecified atom stereocenters. The van der Waals surface area contributed by atoms with E-state index in [0.717, 1.165) is 0 Å². The molecule has 0 heteroatoms. The van der Waals surface area contributed by atoms with Crippen molar-refractivity contribution < 1.29 is 0 Å². The van der Waals surface area contributed by atoms with Gasteiger partial charge in [0, 0.05) is 0 Å². The minimum Gasteiger partial charge on any atom is -0.0622 e. The van der Waals surface area contributed by atoms with Crippen molar-refractivity contribution in [3.05, 3.63) is 145 Å². The van der Waals surface area contributed by atoms with Gasteiger partial charge in [-0.3, -0.25) is 0 Å². The summed E-state index contributed by atoms with van der Waals surface area (Å²) in [5, 5.41) is 7.67. The minimum atomic E-state index is 0.0867. The van der Waals surface area contributed by atoms with Gasteiger partial charge in [0.1, 0.15) is 0 Å². The van der Waals surface area contributed by atoms with E-state index in [1.165, 1.54) is 76.8 Å². The van der Waals surface area contributed by atoms with Gasteiger partial charge in [0.15, 0.2) is 0 Å². The van der Waals surface area contributed by atoms with Gasteiger partial charge in [0.05, 0.1) is 0 Å². The molecule has 0 aliphatic carbocycles. The van der Waals surface area contributed by atoms with E-state index in [1.54, 1.807) is 0 Å². The summed E-state index contributed by atoms with van der Waals surface area (Å²) in [6.07, 6.45) is 0. The Morgan fingerprint density at radius 2 is 0.727 bits per heavy atom. The van der Waals surface area contributed by atoms with Crippen LogP contribution in [0.15, 0.2) is 133 Å². The lowest BCUT2D eigenvalue weighted by Crippen LogP contribution is -2.16. The lowest BCUT2D eigenvalue weighted by molar-refractivity contribution is 0.569. The Hall–Kier alpha value is -4.68. The molecule has 44 heavy (non-hydrogen) atoms. The molecule has 7 aromatic carbocycles. The first kappa shape index (κ1) is 28.1. The Kier molecular flexibility index (Phi) is 6.70. The quantitative estimate of drug-likeness (QED) is 0.186. The minimum absolute atomic E-state index is 0.0867. The maximum absolute atomic E-state index is 2.40. The topological polar surface area (TPSA) is 0 Å². The van der Waals surface area contributed by atoms with Crippen molar-refractivity contribution in [1.82, 2.24) is 0 Å². The Bertz CT molecular complexity index is 2080. The molecule has 0 N–H and O–H groups in total. The zero-order chi connectivity index (χ0) is 30.6. The fourth-order valence-corrected chi connectivity index (χ4v) is 6.60. The predicted molar refractivity (Wildman–Crippen MR) is 193 cm³/mol. The maximum atomic E-state index is 2.40. The van der Waals surface area contributed by atoms with Crippen LogP contribution in [0.3, 0.4) is 0 Å². The van der Waals surface area contributed by atoms with E-state index in [2.05, 4.69) is 175 Å². The fourth-order valence-electron chi connectivity index (χ4n) is 6.60. The Balaban J connectivity index is 1.41. The second kappa shape index (κ2) is 10.5. The van der Waals surface area contributed by atoms with Gasteiger partial charge in [-0.1, -0.05) is 163 Å². The summed E-state index contributed by atoms with van der Waals surface area (Å²) in [4.78, 5) is 0. The molecule has 0 spiro atoms. The van der Waals surface area contributed by atoms with Crippen molar-refractivity contribution in [2.75, 3.05) is 0 Å². The average molecular weight is 569 g/mol. The number of benzene rings is 7. The molecule has 0 heterocycles. The molecule has 0 saturated heterocycles. The van der Waals surface area contributed by atoms with Crippen LogP contribution in [-0.2, 0) is 10.8 Å². The van der Waals surface area contributed by atoms with Gasteiger partial charge >= 0.3 is 0 Å². The van der Waals surface area contributed by atoms with Crippen molar-refractivity contribution in [3.8, 4) is 33.4 Å². The Morgan fingerprint density at radius 3 is 1.20 bits per heavy atom. The van der Waals surface area contributed by atoms with Gasteiger partial charge in [0.2, 0.25) is 0 Å². The molecule has 0 amide bonds. The maximum Gasteiger partial charge on any atom is -0.00262 e. The van der Waals surface area contributed by atoms with E-state index in [1.807, 2.05) is 0 Å². The molecule has 7 rings (SSSR count). The van der Waals surface area contributed by atoms with Crippen molar-refractivity contribution in [3.63, 3.8) is 0 Å². The predicted octanol–water partition coefficient (Wildman–Crippen LogP) is 12.7. The smallest absolute Gasteiger partial charge is 0.00262 e. The molecule has 0 nitrogen and oxygen atoms in total. The van der Waals surface area contributed by atoms with E-state index in [9.17, 15) is 0 Å². The third-order valence-corrected chi connectivity index (χ3v) is 9.12. The van der Waals surface area contributed by atoms with Gasteiger partial charge in [-0.05, 0) is 99.8 Å². The highest BCUT2D eigenvalue weighted by Crippen LogP contribution is 2.44. The molecule has 0 bridgehead atoms. The first-order chi connectivity index (χ1) is 21.1. The summed E-state index contributed by atoms with van der Waals surface area (Å²) in [6, 6.07) is 49.7. The molecule has 0 fully saturated rings. The summed E-state index contributed by atoms with van der Waals surface area (Å²) in [5.74, 6) is 0. The second-order valence-corrected chi connectivity index (χ2v) is 14.3. The van der Waals surface area contributed by atoms with Crippen molar-refractivity contribution in [2.45, 2.75) is 52.4 Å². The SMILES string of the molecule is CC(C)(C)c1cc(-c2ccc3cc(-c4c5ccccc5c(-c5ccccc5)c5ccccc45)ccc3c2)cc(C(C)(C)C)c1. The number of hydrogen-bond donors (Lipinski definition) is 0. The number of hydrogen-bond acceptors (Lipinski definition) is 0. The standard InChI is InChI=1S/C44H40/c1-43(2,3)35-26-34(27-36(28-35)44(4,5)6)32-21-20-31-25-33(23-22-30(31)24-32)42-39-18-12-10-16-37(39)41(29-14-8-7-9-15-29)38-17-11-13-19-40(38)42/h7-28H,1-6H3. The highest BCUT2D eigenvalue weighted by Gasteiger charge is 2.21. The average Bonchev–Trinajstić information content (AvgIpc) is 3.02. The molecule has 0 atom stereocenters. The van der Waals surface area contributed by atoms with Crippen molar-refractivity contribution in [1.29, 1.82) is 0 Å². The van der Waals surface area contributed by atoms with Gasteiger partial charge in [-0.25, -0.2) is 0 Å². The number of rotatable bonds is 3. The van der Waals surface area contributed by atoms with Gasteiger partial charge in [0.25, 0.3) is 0 Å². The van der Waals surface area contributed by atoms with E-state index in [4.69, 9.17) is 0 Å². The lowest BCUT2D eigenvalue weighted by Gasteiger charge is -2.26. The molecule has 0 aliphatic rings. The first-order valence-corrected chi connectivity index (χ1v) is 15.8. The lowest BCUT2D eigenvalue weighted by atomic mass is 9.79. The Labute approximate surface area is 262 Å². The normalized spacial score (nSPS) is 12.3. The molecule has 0 aliphatic heterocycles.